The lowest BCUT2D eigenvalue weighted by Crippen LogP contribution is -2.35. The maximum absolute atomic E-state index is 13.1. The van der Waals surface area contributed by atoms with Crippen molar-refractivity contribution in [1.82, 2.24) is 9.88 Å². The summed E-state index contributed by atoms with van der Waals surface area (Å²) < 4.78 is 6.40. The van der Waals surface area contributed by atoms with Gasteiger partial charge < -0.3 is 14.6 Å². The van der Waals surface area contributed by atoms with Gasteiger partial charge in [0.05, 0.1) is 28.1 Å². The normalized spacial score (nSPS) is 17.6. The fourth-order valence-electron chi connectivity index (χ4n) is 4.41. The molecule has 0 radical (unpaired) electrons. The van der Waals surface area contributed by atoms with Crippen LogP contribution in [0.3, 0.4) is 0 Å². The second-order valence-corrected chi connectivity index (χ2v) is 8.69. The minimum absolute atomic E-state index is 0.152. The standard InChI is InChI=1S/C24H27ClN2O2/c1-15-10-16(2)12-18(11-15)21-23(29-14-17-6-5-9-27(3)13-17)22-19(25)7-4-8-20(22)26-24(21)28/h4,7-8,10-12,17H,5-6,9,13-14H2,1-3H3,(H,26,28). The predicted octanol–water partition coefficient (Wildman–Crippen LogP) is 5.19. The van der Waals surface area contributed by atoms with Gasteiger partial charge in [-0.05, 0) is 58.0 Å². The van der Waals surface area contributed by atoms with Crippen LogP contribution in [0.1, 0.15) is 24.0 Å². The number of piperidine rings is 1. The van der Waals surface area contributed by atoms with Gasteiger partial charge in [0.1, 0.15) is 5.75 Å². The zero-order valence-electron chi connectivity index (χ0n) is 17.2. The molecule has 2 heterocycles. The number of nitrogens with zero attached hydrogens (tertiary/aromatic N) is 1. The molecular formula is C24H27ClN2O2. The van der Waals surface area contributed by atoms with Gasteiger partial charge in [0.15, 0.2) is 0 Å². The monoisotopic (exact) mass is 410 g/mol. The molecule has 0 spiro atoms. The molecule has 1 aromatic heterocycles. The second kappa shape index (κ2) is 8.21. The van der Waals surface area contributed by atoms with Crippen LogP contribution in [0.4, 0.5) is 0 Å². The lowest BCUT2D eigenvalue weighted by molar-refractivity contribution is 0.151. The average molecular weight is 411 g/mol. The maximum Gasteiger partial charge on any atom is 0.260 e. The number of halogens is 1. The van der Waals surface area contributed by atoms with Crippen LogP contribution in [0.25, 0.3) is 22.0 Å². The van der Waals surface area contributed by atoms with E-state index in [1.807, 2.05) is 44.2 Å². The molecule has 0 amide bonds. The van der Waals surface area contributed by atoms with E-state index in [-0.39, 0.29) is 5.56 Å². The van der Waals surface area contributed by atoms with Gasteiger partial charge in [-0.3, -0.25) is 4.79 Å². The fraction of sp³-hybridized carbons (Fsp3) is 0.375. The Balaban J connectivity index is 1.85. The molecule has 2 aromatic carbocycles. The third-order valence-electron chi connectivity index (χ3n) is 5.64. The summed E-state index contributed by atoms with van der Waals surface area (Å²) in [7, 11) is 2.15. The number of pyridine rings is 1. The summed E-state index contributed by atoms with van der Waals surface area (Å²) in [6.07, 6.45) is 2.31. The summed E-state index contributed by atoms with van der Waals surface area (Å²) in [6, 6.07) is 11.7. The van der Waals surface area contributed by atoms with E-state index in [2.05, 4.69) is 23.0 Å². The highest BCUT2D eigenvalue weighted by Crippen LogP contribution is 2.38. The Morgan fingerprint density at radius 3 is 2.69 bits per heavy atom. The van der Waals surface area contributed by atoms with E-state index in [4.69, 9.17) is 16.3 Å². The van der Waals surface area contributed by atoms with Crippen LogP contribution in [-0.2, 0) is 0 Å². The molecule has 1 aliphatic rings. The number of rotatable bonds is 4. The molecule has 0 aliphatic carbocycles. The fourth-order valence-corrected chi connectivity index (χ4v) is 4.67. The van der Waals surface area contributed by atoms with Crippen LogP contribution in [-0.4, -0.2) is 36.6 Å². The van der Waals surface area contributed by atoms with Crippen LogP contribution in [0, 0.1) is 19.8 Å². The first kappa shape index (κ1) is 20.0. The molecule has 1 N–H and O–H groups in total. The molecule has 1 fully saturated rings. The van der Waals surface area contributed by atoms with Crippen molar-refractivity contribution in [3.63, 3.8) is 0 Å². The maximum atomic E-state index is 13.1. The van der Waals surface area contributed by atoms with Gasteiger partial charge in [0.25, 0.3) is 5.56 Å². The third kappa shape index (κ3) is 4.19. The van der Waals surface area contributed by atoms with Crippen molar-refractivity contribution < 1.29 is 4.74 Å². The molecule has 5 heteroatoms. The van der Waals surface area contributed by atoms with E-state index in [0.717, 1.165) is 41.6 Å². The number of aromatic amines is 1. The van der Waals surface area contributed by atoms with Gasteiger partial charge in [0.2, 0.25) is 0 Å². The van der Waals surface area contributed by atoms with Crippen molar-refractivity contribution in [1.29, 1.82) is 0 Å². The lowest BCUT2D eigenvalue weighted by atomic mass is 9.98. The van der Waals surface area contributed by atoms with Crippen LogP contribution in [0.5, 0.6) is 5.75 Å². The van der Waals surface area contributed by atoms with E-state index in [1.165, 1.54) is 6.42 Å². The van der Waals surface area contributed by atoms with Crippen LogP contribution < -0.4 is 10.3 Å². The molecule has 29 heavy (non-hydrogen) atoms. The zero-order valence-corrected chi connectivity index (χ0v) is 18.0. The molecule has 1 atom stereocenters. The first-order valence-electron chi connectivity index (χ1n) is 10.2. The number of aryl methyl sites for hydroxylation is 2. The summed E-state index contributed by atoms with van der Waals surface area (Å²) >= 11 is 6.57. The number of likely N-dealkylation sites (tertiary alicyclic amines) is 1. The molecule has 1 aliphatic heterocycles. The number of ether oxygens (including phenoxy) is 1. The van der Waals surface area contributed by atoms with E-state index >= 15 is 0 Å². The molecule has 3 aromatic rings. The minimum atomic E-state index is -0.152. The number of fused-ring (bicyclic) bond motifs is 1. The van der Waals surface area contributed by atoms with Crippen molar-refractivity contribution in [2.75, 3.05) is 26.7 Å². The van der Waals surface area contributed by atoms with Gasteiger partial charge in [-0.25, -0.2) is 0 Å². The van der Waals surface area contributed by atoms with Crippen molar-refractivity contribution in [2.24, 2.45) is 5.92 Å². The zero-order chi connectivity index (χ0) is 20.5. The highest BCUT2D eigenvalue weighted by atomic mass is 35.5. The number of nitrogens with one attached hydrogen (secondary N) is 1. The quantitative estimate of drug-likeness (QED) is 0.644. The summed E-state index contributed by atoms with van der Waals surface area (Å²) in [5.41, 5.74) is 4.19. The Morgan fingerprint density at radius 2 is 1.97 bits per heavy atom. The lowest BCUT2D eigenvalue weighted by Gasteiger charge is -2.29. The molecule has 4 rings (SSSR count). The molecule has 0 saturated carbocycles. The average Bonchev–Trinajstić information content (AvgIpc) is 2.65. The molecular weight excluding hydrogens is 384 g/mol. The van der Waals surface area contributed by atoms with Gasteiger partial charge in [-0.1, -0.05) is 47.0 Å². The topological polar surface area (TPSA) is 45.3 Å². The van der Waals surface area contributed by atoms with Crippen LogP contribution in [0.2, 0.25) is 5.02 Å². The van der Waals surface area contributed by atoms with E-state index in [9.17, 15) is 4.79 Å². The van der Waals surface area contributed by atoms with Gasteiger partial charge in [-0.15, -0.1) is 0 Å². The van der Waals surface area contributed by atoms with Crippen molar-refractivity contribution in [3.05, 3.63) is 62.9 Å². The Hall–Kier alpha value is -2.30. The van der Waals surface area contributed by atoms with E-state index < -0.39 is 0 Å². The molecule has 0 bridgehead atoms. The highest BCUT2D eigenvalue weighted by molar-refractivity contribution is 6.36. The largest absolute Gasteiger partial charge is 0.492 e. The first-order chi connectivity index (χ1) is 13.9. The predicted molar refractivity (Wildman–Crippen MR) is 120 cm³/mol. The number of hydrogen-bond acceptors (Lipinski definition) is 3. The Labute approximate surface area is 176 Å². The van der Waals surface area contributed by atoms with Gasteiger partial charge >= 0.3 is 0 Å². The van der Waals surface area contributed by atoms with Crippen molar-refractivity contribution in [2.45, 2.75) is 26.7 Å². The smallest absolute Gasteiger partial charge is 0.260 e. The van der Waals surface area contributed by atoms with Crippen LogP contribution >= 0.6 is 11.6 Å². The number of H-pyrrole nitrogens is 1. The number of benzene rings is 2. The molecule has 4 nitrogen and oxygen atoms in total. The van der Waals surface area contributed by atoms with Crippen LogP contribution in [0.15, 0.2) is 41.2 Å². The minimum Gasteiger partial charge on any atom is -0.492 e. The second-order valence-electron chi connectivity index (χ2n) is 8.28. The van der Waals surface area contributed by atoms with Gasteiger partial charge in [-0.2, -0.15) is 0 Å². The Kier molecular flexibility index (Phi) is 5.66. The highest BCUT2D eigenvalue weighted by Gasteiger charge is 2.22. The van der Waals surface area contributed by atoms with E-state index in [0.29, 0.717) is 34.4 Å². The Bertz CT molecular complexity index is 1090. The summed E-state index contributed by atoms with van der Waals surface area (Å²) in [5.74, 6) is 1.03. The molecule has 152 valence electrons. The van der Waals surface area contributed by atoms with E-state index in [1.54, 1.807) is 0 Å². The van der Waals surface area contributed by atoms with Gasteiger partial charge in [0, 0.05) is 12.5 Å². The van der Waals surface area contributed by atoms with Crippen molar-refractivity contribution in [3.8, 4) is 16.9 Å². The number of hydrogen-bond donors (Lipinski definition) is 1. The summed E-state index contributed by atoms with van der Waals surface area (Å²) in [6.45, 7) is 6.79. The first-order valence-corrected chi connectivity index (χ1v) is 10.5. The molecule has 1 unspecified atom stereocenters. The van der Waals surface area contributed by atoms with Crippen molar-refractivity contribution >= 4 is 22.5 Å². The summed E-state index contributed by atoms with van der Waals surface area (Å²) in [5, 5.41) is 1.35. The SMILES string of the molecule is Cc1cc(C)cc(-c2c(OCC3CCCN(C)C3)c3c(Cl)cccc3[nH]c2=O)c1. The third-order valence-corrected chi connectivity index (χ3v) is 5.95. The molecule has 1 saturated heterocycles. The summed E-state index contributed by atoms with van der Waals surface area (Å²) in [4.78, 5) is 18.4. The number of aromatic nitrogens is 1. The Morgan fingerprint density at radius 1 is 1.21 bits per heavy atom.